The Bertz CT molecular complexity index is 288. The van der Waals surface area contributed by atoms with Gasteiger partial charge in [0.15, 0.2) is 6.10 Å². The van der Waals surface area contributed by atoms with Crippen LogP contribution in [0.2, 0.25) is 0 Å². The molecule has 1 aliphatic heterocycles. The van der Waals surface area contributed by atoms with E-state index in [-0.39, 0.29) is 11.8 Å². The third-order valence-corrected chi connectivity index (χ3v) is 2.88. The maximum absolute atomic E-state index is 11.3. The van der Waals surface area contributed by atoms with E-state index in [1.54, 1.807) is 0 Å². The number of imide groups is 1. The first kappa shape index (κ1) is 9.24. The molecule has 1 unspecified atom stereocenters. The van der Waals surface area contributed by atoms with Crippen molar-refractivity contribution in [1.82, 2.24) is 5.32 Å². The Labute approximate surface area is 82.3 Å². The van der Waals surface area contributed by atoms with Crippen LogP contribution in [0.1, 0.15) is 25.7 Å². The Morgan fingerprint density at radius 2 is 1.93 bits per heavy atom. The molecular formula is C10H13NO3. The molecule has 0 spiro atoms. The molecule has 2 fully saturated rings. The predicted octanol–water partition coefficient (Wildman–Crippen LogP) is 1.37. The molecule has 14 heavy (non-hydrogen) atoms. The zero-order valence-corrected chi connectivity index (χ0v) is 7.91. The molecule has 4 nitrogen and oxygen atoms in total. The summed E-state index contributed by atoms with van der Waals surface area (Å²) in [5.41, 5.74) is 1.23. The van der Waals surface area contributed by atoms with Gasteiger partial charge in [0.1, 0.15) is 0 Å². The number of alkyl carbamates (subject to hydrolysis) is 1. The highest BCUT2D eigenvalue weighted by Crippen LogP contribution is 2.31. The van der Waals surface area contributed by atoms with Crippen molar-refractivity contribution in [3.63, 3.8) is 0 Å². The zero-order chi connectivity index (χ0) is 10.1. The van der Waals surface area contributed by atoms with Crippen LogP contribution in [0.4, 0.5) is 4.79 Å². The van der Waals surface area contributed by atoms with Crippen LogP contribution in [0.25, 0.3) is 0 Å². The largest absolute Gasteiger partial charge is 0.435 e. The van der Waals surface area contributed by atoms with E-state index < -0.39 is 12.2 Å². The second kappa shape index (κ2) is 3.44. The molecule has 1 heterocycles. The Balaban J connectivity index is 1.98. The van der Waals surface area contributed by atoms with Crippen LogP contribution in [0.3, 0.4) is 0 Å². The second-order valence-electron chi connectivity index (χ2n) is 3.90. The van der Waals surface area contributed by atoms with Crippen molar-refractivity contribution in [2.45, 2.75) is 31.8 Å². The molecule has 1 saturated heterocycles. The first-order chi connectivity index (χ1) is 6.66. The van der Waals surface area contributed by atoms with Crippen molar-refractivity contribution in [3.05, 3.63) is 12.2 Å². The van der Waals surface area contributed by atoms with E-state index in [0.717, 1.165) is 25.7 Å². The average Bonchev–Trinajstić information content (AvgIpc) is 2.47. The lowest BCUT2D eigenvalue weighted by atomic mass is 9.83. The number of cyclic esters (lactones) is 1. The minimum atomic E-state index is -0.607. The van der Waals surface area contributed by atoms with Crippen LogP contribution < -0.4 is 5.32 Å². The van der Waals surface area contributed by atoms with Crippen molar-refractivity contribution in [3.8, 4) is 0 Å². The van der Waals surface area contributed by atoms with Gasteiger partial charge in [-0.25, -0.2) is 4.79 Å². The number of ether oxygens (including phenoxy) is 1. The van der Waals surface area contributed by atoms with E-state index in [1.807, 2.05) is 0 Å². The number of rotatable bonds is 1. The molecule has 76 valence electrons. The number of hydrogen-bond donors (Lipinski definition) is 1. The lowest BCUT2D eigenvalue weighted by Gasteiger charge is -2.25. The Morgan fingerprint density at radius 1 is 1.29 bits per heavy atom. The van der Waals surface area contributed by atoms with Crippen LogP contribution in [-0.2, 0) is 9.53 Å². The molecule has 1 atom stereocenters. The van der Waals surface area contributed by atoms with Gasteiger partial charge in [0.25, 0.3) is 5.91 Å². The van der Waals surface area contributed by atoms with Gasteiger partial charge in [-0.15, -0.1) is 0 Å². The van der Waals surface area contributed by atoms with Crippen molar-refractivity contribution in [2.24, 2.45) is 5.92 Å². The highest BCUT2D eigenvalue weighted by atomic mass is 16.6. The molecule has 2 rings (SSSR count). The molecule has 1 aliphatic carbocycles. The van der Waals surface area contributed by atoms with Gasteiger partial charge < -0.3 is 4.74 Å². The van der Waals surface area contributed by atoms with Crippen molar-refractivity contribution < 1.29 is 14.3 Å². The van der Waals surface area contributed by atoms with Gasteiger partial charge in [0, 0.05) is 5.92 Å². The summed E-state index contributed by atoms with van der Waals surface area (Å²) in [5, 5.41) is 2.15. The van der Waals surface area contributed by atoms with E-state index in [1.165, 1.54) is 5.57 Å². The summed E-state index contributed by atoms with van der Waals surface area (Å²) in [6.45, 7) is 3.90. The van der Waals surface area contributed by atoms with Gasteiger partial charge in [-0.3, -0.25) is 10.1 Å². The minimum Gasteiger partial charge on any atom is -0.435 e. The minimum absolute atomic E-state index is 0.173. The van der Waals surface area contributed by atoms with Crippen molar-refractivity contribution >= 4 is 12.0 Å². The first-order valence-corrected chi connectivity index (χ1v) is 4.85. The fraction of sp³-hybridized carbons (Fsp3) is 0.600. The summed E-state index contributed by atoms with van der Waals surface area (Å²) in [5.74, 6) is -0.112. The number of hydrogen-bond acceptors (Lipinski definition) is 3. The quantitative estimate of drug-likeness (QED) is 0.643. The number of carbonyl (C=O) groups excluding carboxylic acids is 2. The van der Waals surface area contributed by atoms with Gasteiger partial charge in [-0.2, -0.15) is 0 Å². The van der Waals surface area contributed by atoms with Crippen LogP contribution in [0.5, 0.6) is 0 Å². The third kappa shape index (κ3) is 1.64. The van der Waals surface area contributed by atoms with Gasteiger partial charge in [0.2, 0.25) is 0 Å². The third-order valence-electron chi connectivity index (χ3n) is 2.88. The standard InChI is InChI=1S/C10H13NO3/c1-6-2-4-7(5-3-6)8-9(12)11-10(13)14-8/h7-8H,1-5H2,(H,11,12,13). The van der Waals surface area contributed by atoms with Gasteiger partial charge >= 0.3 is 6.09 Å². The molecule has 1 saturated carbocycles. The summed E-state index contributed by atoms with van der Waals surface area (Å²) >= 11 is 0. The zero-order valence-electron chi connectivity index (χ0n) is 7.91. The second-order valence-corrected chi connectivity index (χ2v) is 3.90. The van der Waals surface area contributed by atoms with Gasteiger partial charge in [-0.1, -0.05) is 12.2 Å². The number of allylic oxidation sites excluding steroid dienone is 1. The van der Waals surface area contributed by atoms with Crippen molar-refractivity contribution in [2.75, 3.05) is 0 Å². The topological polar surface area (TPSA) is 55.4 Å². The average molecular weight is 195 g/mol. The molecule has 0 aromatic rings. The molecule has 0 bridgehead atoms. The lowest BCUT2D eigenvalue weighted by Crippen LogP contribution is -2.32. The predicted molar refractivity (Wildman–Crippen MR) is 49.5 cm³/mol. The molecule has 2 amide bonds. The molecular weight excluding hydrogens is 182 g/mol. The maximum atomic E-state index is 11.3. The smallest absolute Gasteiger partial charge is 0.414 e. The Hall–Kier alpha value is -1.32. The van der Waals surface area contributed by atoms with Crippen LogP contribution in [-0.4, -0.2) is 18.1 Å². The molecule has 0 aromatic heterocycles. The summed E-state index contributed by atoms with van der Waals surface area (Å²) in [7, 11) is 0. The SMILES string of the molecule is C=C1CCC(C2OC(=O)NC2=O)CC1. The normalized spacial score (nSPS) is 28.9. The molecule has 2 aliphatic rings. The van der Waals surface area contributed by atoms with Gasteiger partial charge in [-0.05, 0) is 25.7 Å². The molecule has 0 radical (unpaired) electrons. The molecule has 4 heteroatoms. The van der Waals surface area contributed by atoms with E-state index in [4.69, 9.17) is 4.74 Å². The fourth-order valence-electron chi connectivity index (χ4n) is 2.03. The first-order valence-electron chi connectivity index (χ1n) is 4.85. The molecule has 0 aromatic carbocycles. The molecule has 1 N–H and O–H groups in total. The summed E-state index contributed by atoms with van der Waals surface area (Å²) < 4.78 is 4.92. The summed E-state index contributed by atoms with van der Waals surface area (Å²) in [6.07, 6.45) is 2.49. The fourth-order valence-corrected chi connectivity index (χ4v) is 2.03. The number of carbonyl (C=O) groups is 2. The van der Waals surface area contributed by atoms with E-state index in [0.29, 0.717) is 0 Å². The van der Waals surface area contributed by atoms with Crippen LogP contribution in [0, 0.1) is 5.92 Å². The van der Waals surface area contributed by atoms with Crippen LogP contribution in [0.15, 0.2) is 12.2 Å². The monoisotopic (exact) mass is 195 g/mol. The Kier molecular flexibility index (Phi) is 2.27. The summed E-state index contributed by atoms with van der Waals surface area (Å²) in [6, 6.07) is 0. The highest BCUT2D eigenvalue weighted by molar-refractivity contribution is 6.00. The number of amides is 2. The number of nitrogens with one attached hydrogen (secondary N) is 1. The van der Waals surface area contributed by atoms with Crippen LogP contribution >= 0.6 is 0 Å². The van der Waals surface area contributed by atoms with E-state index in [2.05, 4.69) is 11.9 Å². The van der Waals surface area contributed by atoms with Gasteiger partial charge in [0.05, 0.1) is 0 Å². The van der Waals surface area contributed by atoms with E-state index in [9.17, 15) is 9.59 Å². The van der Waals surface area contributed by atoms with E-state index >= 15 is 0 Å². The summed E-state index contributed by atoms with van der Waals surface area (Å²) in [4.78, 5) is 22.1. The maximum Gasteiger partial charge on any atom is 0.414 e. The van der Waals surface area contributed by atoms with Crippen molar-refractivity contribution in [1.29, 1.82) is 0 Å². The highest BCUT2D eigenvalue weighted by Gasteiger charge is 2.39. The Morgan fingerprint density at radius 3 is 2.43 bits per heavy atom. The lowest BCUT2D eigenvalue weighted by molar-refractivity contribution is -0.125.